The van der Waals surface area contributed by atoms with Gasteiger partial charge in [-0.3, -0.25) is 0 Å². The summed E-state index contributed by atoms with van der Waals surface area (Å²) >= 11 is 5.19. The number of nitrogens with zero attached hydrogens (tertiary/aromatic N) is 1. The molecule has 0 aliphatic heterocycles. The first-order chi connectivity index (χ1) is 5.04. The van der Waals surface area contributed by atoms with Crippen LogP contribution >= 0.6 is 11.6 Å². The van der Waals surface area contributed by atoms with Gasteiger partial charge in [0.1, 0.15) is 0 Å². The van der Waals surface area contributed by atoms with Gasteiger partial charge in [0.2, 0.25) is 11.9 Å². The molecule has 1 aromatic rings. The lowest BCUT2D eigenvalue weighted by Gasteiger charge is -1.88. The summed E-state index contributed by atoms with van der Waals surface area (Å²) in [6.07, 6.45) is 0. The summed E-state index contributed by atoms with van der Waals surface area (Å²) in [4.78, 5) is 2.64. The van der Waals surface area contributed by atoms with Crippen molar-refractivity contribution in [3.63, 3.8) is 0 Å². The topological polar surface area (TPSA) is 12.9 Å². The first kappa shape index (κ1) is 4.17. The summed E-state index contributed by atoms with van der Waals surface area (Å²) in [5.74, 6) is -2.60. The van der Waals surface area contributed by atoms with Gasteiger partial charge in [-0.2, -0.15) is 13.8 Å². The van der Waals surface area contributed by atoms with Crippen LogP contribution in [0.5, 0.6) is 0 Å². The van der Waals surface area contributed by atoms with Gasteiger partial charge >= 0.3 is 0 Å². The minimum Gasteiger partial charge on any atom is -0.190 e. The first-order valence-corrected chi connectivity index (χ1v) is 2.39. The Morgan fingerprint density at radius 2 is 1.89 bits per heavy atom. The molecule has 48 valence electrons. The second-order valence-corrected chi connectivity index (χ2v) is 1.64. The van der Waals surface area contributed by atoms with Crippen molar-refractivity contribution < 1.29 is 11.5 Å². The SMILES string of the molecule is [2H]c1c(F)nc(F)c([2H])c1Cl. The molecule has 1 rings (SSSR count). The van der Waals surface area contributed by atoms with Gasteiger partial charge in [0.25, 0.3) is 0 Å². The van der Waals surface area contributed by atoms with Gasteiger partial charge < -0.3 is 0 Å². The zero-order valence-electron chi connectivity index (χ0n) is 6.08. The van der Waals surface area contributed by atoms with Crippen molar-refractivity contribution in [1.82, 2.24) is 4.98 Å². The Kier molecular flexibility index (Phi) is 1.05. The molecule has 0 fully saturated rings. The summed E-state index contributed by atoms with van der Waals surface area (Å²) < 4.78 is 38.3. The van der Waals surface area contributed by atoms with E-state index < -0.39 is 29.0 Å². The van der Waals surface area contributed by atoms with Crippen LogP contribution in [0.4, 0.5) is 8.78 Å². The fraction of sp³-hybridized carbons (Fsp3) is 0. The molecule has 4 heteroatoms. The highest BCUT2D eigenvalue weighted by Crippen LogP contribution is 2.08. The molecule has 0 aromatic carbocycles. The van der Waals surface area contributed by atoms with Gasteiger partial charge in [-0.25, -0.2) is 0 Å². The number of hydrogen-bond donors (Lipinski definition) is 0. The van der Waals surface area contributed by atoms with E-state index in [0.717, 1.165) is 0 Å². The number of aromatic nitrogens is 1. The van der Waals surface area contributed by atoms with Crippen molar-refractivity contribution in [3.05, 3.63) is 29.0 Å². The second kappa shape index (κ2) is 2.27. The van der Waals surface area contributed by atoms with Crippen molar-refractivity contribution >= 4 is 11.6 Å². The van der Waals surface area contributed by atoms with E-state index in [1.54, 1.807) is 0 Å². The third-order valence-electron chi connectivity index (χ3n) is 0.622. The standard InChI is InChI=1S/C5H2ClF2N/c6-3-1-4(7)9-5(8)2-3/h1-2H/i1D,2D. The third kappa shape index (κ3) is 1.61. The number of pyridine rings is 1. The molecule has 1 nitrogen and oxygen atoms in total. The lowest BCUT2D eigenvalue weighted by Crippen LogP contribution is -1.85. The van der Waals surface area contributed by atoms with E-state index in [2.05, 4.69) is 4.98 Å². The molecule has 0 spiro atoms. The summed E-state index contributed by atoms with van der Waals surface area (Å²) in [7, 11) is 0. The van der Waals surface area contributed by atoms with Crippen molar-refractivity contribution in [3.8, 4) is 0 Å². The molecule has 1 heterocycles. The Morgan fingerprint density at radius 3 is 2.33 bits per heavy atom. The maximum atomic E-state index is 12.3. The van der Waals surface area contributed by atoms with Crippen LogP contribution in [0.25, 0.3) is 0 Å². The molecular weight excluding hydrogens is 148 g/mol. The normalized spacial score (nSPS) is 12.8. The van der Waals surface area contributed by atoms with Gasteiger partial charge in [0.05, 0.1) is 2.74 Å². The van der Waals surface area contributed by atoms with Crippen LogP contribution in [0, 0.1) is 11.9 Å². The van der Waals surface area contributed by atoms with E-state index >= 15 is 0 Å². The molecule has 0 aliphatic rings. The predicted molar refractivity (Wildman–Crippen MR) is 29.2 cm³/mol. The van der Waals surface area contributed by atoms with Gasteiger partial charge in [-0.1, -0.05) is 11.6 Å². The average molecular weight is 152 g/mol. The van der Waals surface area contributed by atoms with Crippen LogP contribution in [-0.2, 0) is 0 Å². The van der Waals surface area contributed by atoms with Gasteiger partial charge in [0, 0.05) is 17.1 Å². The zero-order chi connectivity index (χ0) is 8.59. The van der Waals surface area contributed by atoms with Gasteiger partial charge in [0.15, 0.2) is 0 Å². The Morgan fingerprint density at radius 1 is 1.44 bits per heavy atom. The molecule has 0 saturated heterocycles. The quantitative estimate of drug-likeness (QED) is 0.517. The molecule has 0 N–H and O–H groups in total. The molecule has 0 unspecified atom stereocenters. The minimum atomic E-state index is -1.30. The number of rotatable bonds is 0. The van der Waals surface area contributed by atoms with Crippen LogP contribution < -0.4 is 0 Å². The van der Waals surface area contributed by atoms with Crippen LogP contribution in [0.2, 0.25) is 5.02 Å². The van der Waals surface area contributed by atoms with Crippen molar-refractivity contribution in [2.75, 3.05) is 0 Å². The molecule has 9 heavy (non-hydrogen) atoms. The molecule has 0 amide bonds. The largest absolute Gasteiger partial charge is 0.216 e. The first-order valence-electron chi connectivity index (χ1n) is 3.01. The Bertz CT molecular complexity index is 279. The number of halogens is 3. The maximum absolute atomic E-state index is 12.3. The molecule has 0 radical (unpaired) electrons. The summed E-state index contributed by atoms with van der Waals surface area (Å²) in [5.41, 5.74) is 0. The lowest BCUT2D eigenvalue weighted by molar-refractivity contribution is 0.513. The lowest BCUT2D eigenvalue weighted by atomic mass is 10.5. The van der Waals surface area contributed by atoms with Crippen LogP contribution in [-0.4, -0.2) is 4.98 Å². The van der Waals surface area contributed by atoms with Crippen LogP contribution in [0.15, 0.2) is 12.1 Å². The van der Waals surface area contributed by atoms with Crippen LogP contribution in [0.3, 0.4) is 0 Å². The van der Waals surface area contributed by atoms with E-state index in [1.807, 2.05) is 0 Å². The Labute approximate surface area is 58.1 Å². The van der Waals surface area contributed by atoms with Crippen molar-refractivity contribution in [1.29, 1.82) is 0 Å². The predicted octanol–water partition coefficient (Wildman–Crippen LogP) is 2.01. The third-order valence-corrected chi connectivity index (χ3v) is 0.811. The summed E-state index contributed by atoms with van der Waals surface area (Å²) in [6, 6.07) is -1.50. The van der Waals surface area contributed by atoms with E-state index in [9.17, 15) is 8.78 Å². The summed E-state index contributed by atoms with van der Waals surface area (Å²) in [6.45, 7) is 0. The summed E-state index contributed by atoms with van der Waals surface area (Å²) in [5, 5.41) is -0.560. The fourth-order valence-electron chi connectivity index (χ4n) is 0.354. The van der Waals surface area contributed by atoms with E-state index in [1.165, 1.54) is 0 Å². The maximum Gasteiger partial charge on any atom is 0.216 e. The van der Waals surface area contributed by atoms with Crippen LogP contribution in [0.1, 0.15) is 2.74 Å². The monoisotopic (exact) mass is 151 g/mol. The van der Waals surface area contributed by atoms with Gasteiger partial charge in [-0.15, -0.1) is 0 Å². The van der Waals surface area contributed by atoms with Crippen molar-refractivity contribution in [2.24, 2.45) is 0 Å². The fourth-order valence-corrected chi connectivity index (χ4v) is 0.510. The van der Waals surface area contributed by atoms with Gasteiger partial charge in [-0.05, 0) is 0 Å². The second-order valence-electron chi connectivity index (χ2n) is 1.26. The Hall–Kier alpha value is -0.700. The molecule has 1 aromatic heterocycles. The molecule has 0 aliphatic carbocycles. The van der Waals surface area contributed by atoms with E-state index in [4.69, 9.17) is 14.3 Å². The minimum absolute atomic E-state index is 0.560. The number of hydrogen-bond acceptors (Lipinski definition) is 1. The Balaban J connectivity index is 3.46. The smallest absolute Gasteiger partial charge is 0.190 e. The van der Waals surface area contributed by atoms with E-state index in [-0.39, 0.29) is 0 Å². The van der Waals surface area contributed by atoms with Crippen molar-refractivity contribution in [2.45, 2.75) is 0 Å². The zero-order valence-corrected chi connectivity index (χ0v) is 4.84. The molecular formula is C5H2ClF2N. The molecule has 0 atom stereocenters. The highest BCUT2D eigenvalue weighted by atomic mass is 35.5. The molecule has 0 saturated carbocycles. The molecule has 0 bridgehead atoms. The van der Waals surface area contributed by atoms with E-state index in [0.29, 0.717) is 0 Å². The average Bonchev–Trinajstić information content (AvgIpc) is 1.97. The highest BCUT2D eigenvalue weighted by molar-refractivity contribution is 6.30. The highest BCUT2D eigenvalue weighted by Gasteiger charge is 1.97.